The van der Waals surface area contributed by atoms with Gasteiger partial charge in [0.1, 0.15) is 5.82 Å². The highest BCUT2D eigenvalue weighted by Crippen LogP contribution is 2.30. The Balaban J connectivity index is 2.04. The van der Waals surface area contributed by atoms with Crippen LogP contribution in [-0.2, 0) is 11.3 Å². The molecule has 1 amide bonds. The van der Waals surface area contributed by atoms with Gasteiger partial charge in [0.05, 0.1) is 23.9 Å². The summed E-state index contributed by atoms with van der Waals surface area (Å²) in [4.78, 5) is 14.2. The SMILES string of the molecule is COc1cc(CN(C)[C@@H](C)C(=O)Nc2ccc(F)cc2Cl)ccc1OC(F)F. The summed E-state index contributed by atoms with van der Waals surface area (Å²) in [5, 5.41) is 2.75. The molecule has 0 saturated carbocycles. The minimum atomic E-state index is -2.95. The lowest BCUT2D eigenvalue weighted by molar-refractivity contribution is -0.120. The lowest BCUT2D eigenvalue weighted by Crippen LogP contribution is -2.39. The number of carbonyl (C=O) groups is 1. The van der Waals surface area contributed by atoms with Crippen molar-refractivity contribution in [3.8, 4) is 11.5 Å². The van der Waals surface area contributed by atoms with Crippen LogP contribution in [0.3, 0.4) is 0 Å². The van der Waals surface area contributed by atoms with Crippen LogP contribution in [0.1, 0.15) is 12.5 Å². The van der Waals surface area contributed by atoms with Crippen LogP contribution in [0.2, 0.25) is 5.02 Å². The summed E-state index contributed by atoms with van der Waals surface area (Å²) in [6, 6.07) is 7.70. The molecule has 0 unspecified atom stereocenters. The first-order valence-electron chi connectivity index (χ1n) is 8.29. The maximum atomic E-state index is 13.1. The number of ether oxygens (including phenoxy) is 2. The molecule has 0 aliphatic carbocycles. The molecule has 0 radical (unpaired) electrons. The number of likely N-dealkylation sites (N-methyl/N-ethyl adjacent to an activating group) is 1. The predicted molar refractivity (Wildman–Crippen MR) is 101 cm³/mol. The fourth-order valence-electron chi connectivity index (χ4n) is 2.46. The second kappa shape index (κ2) is 9.66. The quantitative estimate of drug-likeness (QED) is 0.686. The number of rotatable bonds is 8. The number of benzene rings is 2. The van der Waals surface area contributed by atoms with E-state index in [0.29, 0.717) is 12.2 Å². The molecule has 0 spiro atoms. The van der Waals surface area contributed by atoms with Crippen LogP contribution >= 0.6 is 11.6 Å². The number of nitrogens with one attached hydrogen (secondary N) is 1. The van der Waals surface area contributed by atoms with Gasteiger partial charge in [-0.1, -0.05) is 17.7 Å². The van der Waals surface area contributed by atoms with Gasteiger partial charge in [-0.25, -0.2) is 4.39 Å². The van der Waals surface area contributed by atoms with E-state index in [2.05, 4.69) is 10.1 Å². The largest absolute Gasteiger partial charge is 0.493 e. The zero-order valence-corrected chi connectivity index (χ0v) is 16.3. The highest BCUT2D eigenvalue weighted by Gasteiger charge is 2.20. The Kier molecular flexibility index (Phi) is 7.53. The van der Waals surface area contributed by atoms with E-state index in [1.807, 2.05) is 0 Å². The lowest BCUT2D eigenvalue weighted by atomic mass is 10.1. The summed E-state index contributed by atoms with van der Waals surface area (Å²) in [6.07, 6.45) is 0. The average Bonchev–Trinajstić information content (AvgIpc) is 2.64. The molecule has 9 heteroatoms. The number of hydrogen-bond acceptors (Lipinski definition) is 4. The number of anilines is 1. The van der Waals surface area contributed by atoms with E-state index in [-0.39, 0.29) is 22.4 Å². The van der Waals surface area contributed by atoms with Crippen molar-refractivity contribution in [3.63, 3.8) is 0 Å². The first-order valence-corrected chi connectivity index (χ1v) is 8.67. The monoisotopic (exact) mass is 416 g/mol. The van der Waals surface area contributed by atoms with E-state index < -0.39 is 18.5 Å². The maximum Gasteiger partial charge on any atom is 0.387 e. The first-order chi connectivity index (χ1) is 13.2. The van der Waals surface area contributed by atoms with Crippen molar-refractivity contribution < 1.29 is 27.4 Å². The lowest BCUT2D eigenvalue weighted by Gasteiger charge is -2.24. The number of methoxy groups -OCH3 is 1. The number of alkyl halides is 2. The molecular formula is C19H20ClF3N2O3. The molecule has 0 aliphatic rings. The Bertz CT molecular complexity index is 836. The Morgan fingerprint density at radius 2 is 1.93 bits per heavy atom. The Morgan fingerprint density at radius 1 is 1.21 bits per heavy atom. The van der Waals surface area contributed by atoms with Crippen LogP contribution in [0.25, 0.3) is 0 Å². The minimum Gasteiger partial charge on any atom is -0.493 e. The number of nitrogens with zero attached hydrogens (tertiary/aromatic N) is 1. The third-order valence-electron chi connectivity index (χ3n) is 4.11. The van der Waals surface area contributed by atoms with Gasteiger partial charge in [-0.3, -0.25) is 9.69 Å². The van der Waals surface area contributed by atoms with Gasteiger partial charge in [0.15, 0.2) is 11.5 Å². The van der Waals surface area contributed by atoms with Crippen LogP contribution in [0.15, 0.2) is 36.4 Å². The second-order valence-electron chi connectivity index (χ2n) is 6.07. The van der Waals surface area contributed by atoms with Gasteiger partial charge in [-0.2, -0.15) is 8.78 Å². The molecule has 1 atom stereocenters. The molecular weight excluding hydrogens is 397 g/mol. The summed E-state index contributed by atoms with van der Waals surface area (Å²) in [5.74, 6) is -0.732. The van der Waals surface area contributed by atoms with E-state index in [4.69, 9.17) is 16.3 Å². The topological polar surface area (TPSA) is 50.8 Å². The maximum absolute atomic E-state index is 13.1. The van der Waals surface area contributed by atoms with Crippen LogP contribution in [-0.4, -0.2) is 37.6 Å². The molecule has 0 bridgehead atoms. The van der Waals surface area contributed by atoms with Gasteiger partial charge < -0.3 is 14.8 Å². The van der Waals surface area contributed by atoms with Crippen molar-refractivity contribution in [2.45, 2.75) is 26.1 Å². The number of amides is 1. The molecule has 28 heavy (non-hydrogen) atoms. The summed E-state index contributed by atoms with van der Waals surface area (Å²) in [6.45, 7) is -0.917. The Hall–Kier alpha value is -2.45. The molecule has 0 aliphatic heterocycles. The van der Waals surface area contributed by atoms with E-state index >= 15 is 0 Å². The molecule has 2 rings (SSSR count). The number of carbonyl (C=O) groups excluding carboxylic acids is 1. The summed E-state index contributed by atoms with van der Waals surface area (Å²) in [7, 11) is 3.08. The van der Waals surface area contributed by atoms with Crippen molar-refractivity contribution in [2.24, 2.45) is 0 Å². The Labute approximate surface area is 166 Å². The highest BCUT2D eigenvalue weighted by molar-refractivity contribution is 6.33. The molecule has 1 N–H and O–H groups in total. The molecule has 0 heterocycles. The fraction of sp³-hybridized carbons (Fsp3) is 0.316. The smallest absolute Gasteiger partial charge is 0.387 e. The zero-order chi connectivity index (χ0) is 20.8. The van der Waals surface area contributed by atoms with Crippen LogP contribution in [0.4, 0.5) is 18.9 Å². The van der Waals surface area contributed by atoms with Gasteiger partial charge in [0, 0.05) is 6.54 Å². The van der Waals surface area contributed by atoms with Crippen molar-refractivity contribution >= 4 is 23.2 Å². The van der Waals surface area contributed by atoms with E-state index in [1.165, 1.54) is 25.3 Å². The summed E-state index contributed by atoms with van der Waals surface area (Å²) >= 11 is 5.92. The van der Waals surface area contributed by atoms with Gasteiger partial charge in [0.25, 0.3) is 0 Å². The minimum absolute atomic E-state index is 0.0688. The third kappa shape index (κ3) is 5.77. The standard InChI is InChI=1S/C19H20ClF3N2O3/c1-11(18(26)24-15-6-5-13(21)9-14(15)20)25(2)10-12-4-7-16(28-19(22)23)17(8-12)27-3/h4-9,11,19H,10H2,1-3H3,(H,24,26)/t11-/m0/s1. The van der Waals surface area contributed by atoms with Crippen molar-refractivity contribution in [2.75, 3.05) is 19.5 Å². The van der Waals surface area contributed by atoms with E-state index in [1.54, 1.807) is 31.0 Å². The van der Waals surface area contributed by atoms with E-state index in [0.717, 1.165) is 11.6 Å². The molecule has 0 fully saturated rings. The molecule has 5 nitrogen and oxygen atoms in total. The second-order valence-corrected chi connectivity index (χ2v) is 6.48. The number of halogens is 4. The predicted octanol–water partition coefficient (Wildman–Crippen LogP) is 4.55. The normalized spacial score (nSPS) is 12.2. The third-order valence-corrected chi connectivity index (χ3v) is 4.42. The van der Waals surface area contributed by atoms with Crippen molar-refractivity contribution in [1.29, 1.82) is 0 Å². The highest BCUT2D eigenvalue weighted by atomic mass is 35.5. The van der Waals surface area contributed by atoms with Crippen LogP contribution in [0, 0.1) is 5.82 Å². The van der Waals surface area contributed by atoms with Gasteiger partial charge in [0.2, 0.25) is 5.91 Å². The molecule has 0 saturated heterocycles. The van der Waals surface area contributed by atoms with Gasteiger partial charge in [-0.05, 0) is 49.9 Å². The average molecular weight is 417 g/mol. The molecule has 0 aromatic heterocycles. The van der Waals surface area contributed by atoms with Crippen molar-refractivity contribution in [1.82, 2.24) is 4.90 Å². The van der Waals surface area contributed by atoms with Gasteiger partial charge in [-0.15, -0.1) is 0 Å². The first kappa shape index (κ1) is 21.8. The summed E-state index contributed by atoms with van der Waals surface area (Å²) in [5.41, 5.74) is 1.05. The van der Waals surface area contributed by atoms with E-state index in [9.17, 15) is 18.0 Å². The summed E-state index contributed by atoms with van der Waals surface area (Å²) < 4.78 is 47.4. The number of hydrogen-bond donors (Lipinski definition) is 1. The van der Waals surface area contributed by atoms with Crippen LogP contribution in [0.5, 0.6) is 11.5 Å². The molecule has 2 aromatic carbocycles. The van der Waals surface area contributed by atoms with Crippen molar-refractivity contribution in [3.05, 3.63) is 52.8 Å². The Morgan fingerprint density at radius 3 is 2.54 bits per heavy atom. The fourth-order valence-corrected chi connectivity index (χ4v) is 2.67. The molecule has 2 aromatic rings. The molecule has 152 valence electrons. The zero-order valence-electron chi connectivity index (χ0n) is 15.5. The van der Waals surface area contributed by atoms with Gasteiger partial charge >= 0.3 is 6.61 Å². The van der Waals surface area contributed by atoms with Crippen LogP contribution < -0.4 is 14.8 Å².